The molecule has 0 saturated carbocycles. The van der Waals surface area contributed by atoms with Gasteiger partial charge < -0.3 is 14.6 Å². The van der Waals surface area contributed by atoms with E-state index in [2.05, 4.69) is 9.97 Å². The molecule has 21 heavy (non-hydrogen) atoms. The molecule has 0 amide bonds. The number of aromatic carboxylic acids is 1. The molecule has 0 aliphatic rings. The van der Waals surface area contributed by atoms with Crippen molar-refractivity contribution in [2.75, 3.05) is 14.2 Å². The van der Waals surface area contributed by atoms with Gasteiger partial charge in [-0.3, -0.25) is 0 Å². The highest BCUT2D eigenvalue weighted by Gasteiger charge is 2.16. The first-order valence-electron chi connectivity index (χ1n) is 6.28. The number of aromatic nitrogens is 2. The van der Waals surface area contributed by atoms with Crippen LogP contribution in [-0.4, -0.2) is 35.3 Å². The van der Waals surface area contributed by atoms with Crippen molar-refractivity contribution in [1.29, 1.82) is 0 Å². The van der Waals surface area contributed by atoms with Crippen molar-refractivity contribution in [2.45, 2.75) is 13.8 Å². The number of nitrogens with zero attached hydrogens (tertiary/aromatic N) is 2. The summed E-state index contributed by atoms with van der Waals surface area (Å²) in [4.78, 5) is 19.7. The van der Waals surface area contributed by atoms with E-state index in [-0.39, 0.29) is 5.56 Å². The molecule has 0 aliphatic heterocycles. The van der Waals surface area contributed by atoms with Crippen molar-refractivity contribution in [3.63, 3.8) is 0 Å². The number of rotatable bonds is 4. The lowest BCUT2D eigenvalue weighted by Crippen LogP contribution is -2.08. The van der Waals surface area contributed by atoms with Gasteiger partial charge in [0.1, 0.15) is 5.56 Å². The largest absolute Gasteiger partial charge is 0.493 e. The van der Waals surface area contributed by atoms with Gasteiger partial charge in [0.25, 0.3) is 0 Å². The molecule has 1 aromatic carbocycles. The minimum absolute atomic E-state index is 0.138. The highest BCUT2D eigenvalue weighted by atomic mass is 16.5. The van der Waals surface area contributed by atoms with E-state index in [1.165, 1.54) is 0 Å². The summed E-state index contributed by atoms with van der Waals surface area (Å²) in [6.07, 6.45) is 0. The Morgan fingerprint density at radius 2 is 1.62 bits per heavy atom. The monoisotopic (exact) mass is 288 g/mol. The Morgan fingerprint density at radius 3 is 2.10 bits per heavy atom. The molecule has 110 valence electrons. The predicted molar refractivity (Wildman–Crippen MR) is 77.0 cm³/mol. The minimum Gasteiger partial charge on any atom is -0.493 e. The molecule has 0 fully saturated rings. The summed E-state index contributed by atoms with van der Waals surface area (Å²) >= 11 is 0. The molecular weight excluding hydrogens is 272 g/mol. The van der Waals surface area contributed by atoms with Crippen molar-refractivity contribution in [3.8, 4) is 22.9 Å². The van der Waals surface area contributed by atoms with Crippen molar-refractivity contribution >= 4 is 5.97 Å². The number of benzene rings is 1. The lowest BCUT2D eigenvalue weighted by Gasteiger charge is -2.11. The van der Waals surface area contributed by atoms with Crippen molar-refractivity contribution < 1.29 is 19.4 Å². The maximum Gasteiger partial charge on any atom is 0.339 e. The van der Waals surface area contributed by atoms with Crippen LogP contribution in [0.5, 0.6) is 11.5 Å². The van der Waals surface area contributed by atoms with E-state index in [0.29, 0.717) is 28.7 Å². The highest BCUT2D eigenvalue weighted by molar-refractivity contribution is 5.90. The van der Waals surface area contributed by atoms with Gasteiger partial charge in [-0.25, -0.2) is 14.8 Å². The van der Waals surface area contributed by atoms with E-state index in [0.717, 1.165) is 5.56 Å². The van der Waals surface area contributed by atoms with Crippen LogP contribution in [0.4, 0.5) is 0 Å². The third-order valence-electron chi connectivity index (χ3n) is 3.13. The lowest BCUT2D eigenvalue weighted by atomic mass is 10.1. The third kappa shape index (κ3) is 2.79. The van der Waals surface area contributed by atoms with Crippen LogP contribution in [0.3, 0.4) is 0 Å². The summed E-state index contributed by atoms with van der Waals surface area (Å²) in [5.74, 6) is 0.605. The number of hydrogen-bond donors (Lipinski definition) is 1. The van der Waals surface area contributed by atoms with Gasteiger partial charge >= 0.3 is 5.97 Å². The van der Waals surface area contributed by atoms with E-state index in [1.807, 2.05) is 0 Å². The van der Waals surface area contributed by atoms with Crippen LogP contribution in [0, 0.1) is 13.8 Å². The Bertz CT molecular complexity index is 675. The van der Waals surface area contributed by atoms with E-state index < -0.39 is 5.97 Å². The first-order chi connectivity index (χ1) is 9.97. The Labute approximate surface area is 122 Å². The quantitative estimate of drug-likeness (QED) is 0.930. The van der Waals surface area contributed by atoms with E-state index in [1.54, 1.807) is 46.3 Å². The van der Waals surface area contributed by atoms with Gasteiger partial charge in [0, 0.05) is 5.56 Å². The molecule has 0 radical (unpaired) electrons. The highest BCUT2D eigenvalue weighted by Crippen LogP contribution is 2.31. The molecule has 0 aliphatic carbocycles. The molecule has 0 atom stereocenters. The second-order valence-corrected chi connectivity index (χ2v) is 4.47. The first kappa shape index (κ1) is 14.8. The van der Waals surface area contributed by atoms with E-state index in [9.17, 15) is 4.79 Å². The molecule has 0 unspecified atom stereocenters. The van der Waals surface area contributed by atoms with Crippen LogP contribution in [0.25, 0.3) is 11.4 Å². The molecule has 1 aromatic heterocycles. The number of aryl methyl sites for hydroxylation is 2. The van der Waals surface area contributed by atoms with Gasteiger partial charge in [-0.15, -0.1) is 0 Å². The number of carboxylic acid groups (broad SMARTS) is 1. The maximum atomic E-state index is 11.2. The molecular formula is C15H16N2O4. The maximum absolute atomic E-state index is 11.2. The summed E-state index contributed by atoms with van der Waals surface area (Å²) in [5.41, 5.74) is 1.73. The second-order valence-electron chi connectivity index (χ2n) is 4.47. The average Bonchev–Trinajstić information content (AvgIpc) is 2.45. The van der Waals surface area contributed by atoms with E-state index in [4.69, 9.17) is 14.6 Å². The molecule has 1 heterocycles. The fraction of sp³-hybridized carbons (Fsp3) is 0.267. The minimum atomic E-state index is -1.02. The molecule has 2 rings (SSSR count). The van der Waals surface area contributed by atoms with Gasteiger partial charge in [-0.1, -0.05) is 0 Å². The smallest absolute Gasteiger partial charge is 0.339 e. The lowest BCUT2D eigenvalue weighted by molar-refractivity contribution is 0.0694. The Morgan fingerprint density at radius 1 is 1.05 bits per heavy atom. The molecule has 0 spiro atoms. The molecule has 2 aromatic rings. The fourth-order valence-corrected chi connectivity index (χ4v) is 2.13. The standard InChI is InChI=1S/C15H16N2O4/c1-8-13(15(18)19)9(2)17-14(16-8)10-5-6-11(20-3)12(7-10)21-4/h5-7H,1-4H3,(H,18,19). The molecule has 0 bridgehead atoms. The summed E-state index contributed by atoms with van der Waals surface area (Å²) < 4.78 is 10.4. The van der Waals surface area contributed by atoms with Gasteiger partial charge in [-0.05, 0) is 32.0 Å². The van der Waals surface area contributed by atoms with Gasteiger partial charge in [-0.2, -0.15) is 0 Å². The summed E-state index contributed by atoms with van der Waals surface area (Å²) in [6, 6.07) is 5.32. The van der Waals surface area contributed by atoms with Crippen molar-refractivity contribution in [3.05, 3.63) is 35.2 Å². The number of hydrogen-bond acceptors (Lipinski definition) is 5. The normalized spacial score (nSPS) is 10.3. The second kappa shape index (κ2) is 5.78. The van der Waals surface area contributed by atoms with E-state index >= 15 is 0 Å². The van der Waals surface area contributed by atoms with Gasteiger partial charge in [0.2, 0.25) is 0 Å². The predicted octanol–water partition coefficient (Wildman–Crippen LogP) is 2.48. The Balaban J connectivity index is 2.55. The number of carbonyl (C=O) groups is 1. The summed E-state index contributed by atoms with van der Waals surface area (Å²) in [6.45, 7) is 3.31. The van der Waals surface area contributed by atoms with Crippen LogP contribution in [-0.2, 0) is 0 Å². The molecule has 6 nitrogen and oxygen atoms in total. The molecule has 1 N–H and O–H groups in total. The molecule has 0 saturated heterocycles. The van der Waals surface area contributed by atoms with Crippen molar-refractivity contribution in [1.82, 2.24) is 9.97 Å². The Hall–Kier alpha value is -2.63. The van der Waals surface area contributed by atoms with Crippen LogP contribution >= 0.6 is 0 Å². The zero-order valence-corrected chi connectivity index (χ0v) is 12.3. The van der Waals surface area contributed by atoms with Gasteiger partial charge in [0.05, 0.1) is 25.6 Å². The molecule has 6 heteroatoms. The third-order valence-corrected chi connectivity index (χ3v) is 3.13. The summed E-state index contributed by atoms with van der Waals surface area (Å²) in [5, 5.41) is 9.14. The van der Waals surface area contributed by atoms with Crippen LogP contribution in [0.1, 0.15) is 21.7 Å². The fourth-order valence-electron chi connectivity index (χ4n) is 2.13. The van der Waals surface area contributed by atoms with Crippen LogP contribution < -0.4 is 9.47 Å². The zero-order chi connectivity index (χ0) is 15.6. The number of carboxylic acids is 1. The van der Waals surface area contributed by atoms with Crippen LogP contribution in [0.2, 0.25) is 0 Å². The average molecular weight is 288 g/mol. The topological polar surface area (TPSA) is 81.5 Å². The van der Waals surface area contributed by atoms with Crippen LogP contribution in [0.15, 0.2) is 18.2 Å². The zero-order valence-electron chi connectivity index (χ0n) is 12.3. The SMILES string of the molecule is COc1ccc(-c2nc(C)c(C(=O)O)c(C)n2)cc1OC. The number of ether oxygens (including phenoxy) is 2. The first-order valence-corrected chi connectivity index (χ1v) is 6.28. The summed E-state index contributed by atoms with van der Waals surface area (Å²) in [7, 11) is 3.11. The van der Waals surface area contributed by atoms with Gasteiger partial charge in [0.15, 0.2) is 17.3 Å². The van der Waals surface area contributed by atoms with Crippen molar-refractivity contribution in [2.24, 2.45) is 0 Å². The number of methoxy groups -OCH3 is 2. The Kier molecular flexibility index (Phi) is 4.07.